The molecular weight excluding hydrogens is 526 g/mol. The molecule has 2 aliphatic heterocycles. The van der Waals surface area contributed by atoms with Crippen LogP contribution >= 0.6 is 0 Å². The quantitative estimate of drug-likeness (QED) is 0.252. The Hall–Kier alpha value is -4.19. The highest BCUT2D eigenvalue weighted by atomic mass is 16.5. The molecule has 3 heterocycles. The van der Waals surface area contributed by atoms with Crippen LogP contribution in [0.4, 0.5) is 9.59 Å². The zero-order chi connectivity index (χ0) is 28.9. The first-order valence-electron chi connectivity index (χ1n) is 11.9. The second-order valence-corrected chi connectivity index (χ2v) is 8.47. The number of esters is 2. The average molecular weight is 558 g/mol. The molecule has 18 nitrogen and oxygen atoms in total. The fraction of sp³-hybridized carbons (Fsp3) is 0.667. The van der Waals surface area contributed by atoms with Crippen molar-refractivity contribution in [2.45, 2.75) is 45.2 Å². The molecule has 2 unspecified atom stereocenters. The third-order valence-electron chi connectivity index (χ3n) is 6.24. The smallest absolute Gasteiger partial charge is 0.336 e. The second-order valence-electron chi connectivity index (χ2n) is 8.47. The van der Waals surface area contributed by atoms with E-state index in [4.69, 9.17) is 14.2 Å². The van der Waals surface area contributed by atoms with Crippen molar-refractivity contribution in [3.05, 3.63) is 31.5 Å². The van der Waals surface area contributed by atoms with Gasteiger partial charge in [0.25, 0.3) is 0 Å². The molecule has 2 fully saturated rings. The molecule has 1 aromatic heterocycles. The molecule has 1 aromatic rings. The van der Waals surface area contributed by atoms with Gasteiger partial charge in [-0.25, -0.2) is 33.1 Å². The summed E-state index contributed by atoms with van der Waals surface area (Å²) in [6.45, 7) is 0.483. The van der Waals surface area contributed by atoms with Crippen LogP contribution < -0.4 is 17.1 Å². The lowest BCUT2D eigenvalue weighted by Crippen LogP contribution is -2.50. The number of H-pyrrole nitrogens is 1. The molecule has 0 radical (unpaired) electrons. The molecule has 216 valence electrons. The zero-order valence-corrected chi connectivity index (χ0v) is 22.0. The second kappa shape index (κ2) is 12.6. The Labute approximate surface area is 221 Å². The third-order valence-corrected chi connectivity index (χ3v) is 6.24. The van der Waals surface area contributed by atoms with Crippen LogP contribution in [0.2, 0.25) is 0 Å². The van der Waals surface area contributed by atoms with Crippen LogP contribution in [0.3, 0.4) is 0 Å². The third kappa shape index (κ3) is 5.80. The summed E-state index contributed by atoms with van der Waals surface area (Å²) in [5, 5.41) is 0. The number of aromatic nitrogens is 3. The number of nitrogens with one attached hydrogen (secondary N) is 1. The highest BCUT2D eigenvalue weighted by Crippen LogP contribution is 2.34. The van der Waals surface area contributed by atoms with Crippen molar-refractivity contribution in [3.63, 3.8) is 0 Å². The summed E-state index contributed by atoms with van der Waals surface area (Å²) in [5.74, 6) is -1.52. The largest absolute Gasteiger partial charge is 0.469 e. The predicted molar refractivity (Wildman–Crippen MR) is 128 cm³/mol. The van der Waals surface area contributed by atoms with E-state index in [9.17, 15) is 33.6 Å². The molecule has 4 amide bonds. The highest BCUT2D eigenvalue weighted by molar-refractivity contribution is 5.85. The number of hydrogen-bond acceptors (Lipinski definition) is 11. The van der Waals surface area contributed by atoms with Gasteiger partial charge in [0.1, 0.15) is 13.5 Å². The van der Waals surface area contributed by atoms with Crippen molar-refractivity contribution < 1.29 is 38.1 Å². The minimum Gasteiger partial charge on any atom is -0.469 e. The molecule has 0 aromatic carbocycles. The first kappa shape index (κ1) is 29.4. The van der Waals surface area contributed by atoms with Gasteiger partial charge in [0.05, 0.1) is 20.0 Å². The molecule has 0 spiro atoms. The number of rotatable bonds is 13. The summed E-state index contributed by atoms with van der Waals surface area (Å²) in [4.78, 5) is 94.0. The number of methoxy groups -OCH3 is 3. The predicted octanol–water partition coefficient (Wildman–Crippen LogP) is -2.49. The number of carbonyl (C=O) groups is 4. The van der Waals surface area contributed by atoms with Crippen LogP contribution in [0.25, 0.3) is 0 Å². The van der Waals surface area contributed by atoms with E-state index < -0.39 is 73.1 Å². The van der Waals surface area contributed by atoms with E-state index in [0.29, 0.717) is 9.13 Å². The Morgan fingerprint density at radius 2 is 1.18 bits per heavy atom. The Bertz CT molecular complexity index is 1270. The van der Waals surface area contributed by atoms with Crippen molar-refractivity contribution in [2.24, 2.45) is 0 Å². The van der Waals surface area contributed by atoms with Gasteiger partial charge in [-0.05, 0) is 6.92 Å². The Morgan fingerprint density at radius 3 is 1.67 bits per heavy atom. The van der Waals surface area contributed by atoms with E-state index in [1.165, 1.54) is 33.8 Å². The van der Waals surface area contributed by atoms with Gasteiger partial charge in [-0.1, -0.05) is 0 Å². The first-order valence-corrected chi connectivity index (χ1v) is 11.9. The van der Waals surface area contributed by atoms with Crippen LogP contribution in [0.1, 0.15) is 19.8 Å². The molecule has 39 heavy (non-hydrogen) atoms. The minimum absolute atomic E-state index is 0.0807. The maximum absolute atomic E-state index is 13.1. The van der Waals surface area contributed by atoms with Gasteiger partial charge in [0.15, 0.2) is 19.1 Å². The van der Waals surface area contributed by atoms with Gasteiger partial charge in [-0.3, -0.25) is 29.3 Å². The zero-order valence-electron chi connectivity index (χ0n) is 22.0. The van der Waals surface area contributed by atoms with E-state index in [-0.39, 0.29) is 33.0 Å². The average Bonchev–Trinajstić information content (AvgIpc) is 3.32. The Kier molecular flexibility index (Phi) is 9.47. The number of aromatic amines is 1. The molecule has 2 aliphatic rings. The maximum atomic E-state index is 13.1. The normalized spacial score (nSPS) is 18.7. The van der Waals surface area contributed by atoms with Crippen LogP contribution in [-0.4, -0.2) is 118 Å². The number of amides is 4. The van der Waals surface area contributed by atoms with E-state index >= 15 is 0 Å². The summed E-state index contributed by atoms with van der Waals surface area (Å²) in [6, 6.07) is -0.919. The molecule has 2 saturated heterocycles. The first-order chi connectivity index (χ1) is 18.6. The summed E-state index contributed by atoms with van der Waals surface area (Å²) >= 11 is 0. The van der Waals surface area contributed by atoms with Crippen LogP contribution in [-0.2, 0) is 41.6 Å². The van der Waals surface area contributed by atoms with Crippen molar-refractivity contribution in [3.8, 4) is 0 Å². The Morgan fingerprint density at radius 1 is 0.718 bits per heavy atom. The lowest BCUT2D eigenvalue weighted by molar-refractivity contribution is -0.149. The number of ether oxygens (including phenoxy) is 4. The van der Waals surface area contributed by atoms with Gasteiger partial charge in [-0.15, -0.1) is 0 Å². The topological polar surface area (TPSA) is 195 Å². The SMILES string of the molecule is CCN1C(=O)N(COC(=O)CCn2c(=O)[nH]c(=O)n(CCC(=O)OC)c2=O)C2C1N(COC)C(=O)N2COC. The van der Waals surface area contributed by atoms with E-state index in [0.717, 1.165) is 7.11 Å². The number of urea groups is 2. The van der Waals surface area contributed by atoms with E-state index in [1.807, 2.05) is 4.98 Å². The standard InChI is InChI=1S/C21H31N7O11/c1-5-23-15-16(27(11-37-3)21(35)26(15)10-36-2)28(19(23)33)12-39-14(30)7-9-25-18(32)22-17(31)24(20(25)34)8-6-13(29)38-4/h15-16H,5-12H2,1-4H3,(H,22,31,32). The maximum Gasteiger partial charge on any atom is 0.336 e. The number of carbonyl (C=O) groups excluding carboxylic acids is 4. The Balaban J connectivity index is 1.71. The number of fused-ring (bicyclic) bond motifs is 1. The summed E-state index contributed by atoms with van der Waals surface area (Å²) in [7, 11) is 3.95. The highest BCUT2D eigenvalue weighted by Gasteiger charge is 2.59. The lowest BCUT2D eigenvalue weighted by atomic mass is 10.3. The molecule has 3 rings (SSSR count). The van der Waals surface area contributed by atoms with E-state index in [2.05, 4.69) is 4.74 Å². The summed E-state index contributed by atoms with van der Waals surface area (Å²) in [5.41, 5.74) is -3.07. The van der Waals surface area contributed by atoms with Crippen molar-refractivity contribution >= 4 is 24.0 Å². The minimum atomic E-state index is -1.04. The summed E-state index contributed by atoms with van der Waals surface area (Å²) < 4.78 is 21.3. The molecule has 1 N–H and O–H groups in total. The van der Waals surface area contributed by atoms with Crippen LogP contribution in [0, 0.1) is 0 Å². The van der Waals surface area contributed by atoms with Gasteiger partial charge in [0.2, 0.25) is 0 Å². The van der Waals surface area contributed by atoms with Crippen molar-refractivity contribution in [2.75, 3.05) is 48.1 Å². The molecular formula is C21H31N7O11. The van der Waals surface area contributed by atoms with Gasteiger partial charge >= 0.3 is 41.1 Å². The van der Waals surface area contributed by atoms with Crippen molar-refractivity contribution in [1.29, 1.82) is 0 Å². The monoisotopic (exact) mass is 557 g/mol. The molecule has 0 aliphatic carbocycles. The van der Waals surface area contributed by atoms with Crippen LogP contribution in [0.5, 0.6) is 0 Å². The molecule has 2 atom stereocenters. The van der Waals surface area contributed by atoms with E-state index in [1.54, 1.807) is 6.92 Å². The fourth-order valence-electron chi connectivity index (χ4n) is 4.42. The van der Waals surface area contributed by atoms with Crippen LogP contribution in [0.15, 0.2) is 14.4 Å². The number of likely N-dealkylation sites (N-methyl/N-ethyl adjacent to an activating group) is 1. The van der Waals surface area contributed by atoms with Gasteiger partial charge in [-0.2, -0.15) is 0 Å². The summed E-state index contributed by atoms with van der Waals surface area (Å²) in [6.07, 6.45) is -2.29. The number of nitrogens with zero attached hydrogens (tertiary/aromatic N) is 6. The van der Waals surface area contributed by atoms with Crippen molar-refractivity contribution in [1.82, 2.24) is 33.7 Å². The van der Waals surface area contributed by atoms with Gasteiger partial charge < -0.3 is 23.8 Å². The molecule has 0 bridgehead atoms. The fourth-order valence-corrected chi connectivity index (χ4v) is 4.42. The van der Waals surface area contributed by atoms with Gasteiger partial charge in [0, 0.05) is 33.9 Å². The molecule has 0 saturated carbocycles. The molecule has 18 heteroatoms. The number of hydrogen-bond donors (Lipinski definition) is 1. The lowest BCUT2D eigenvalue weighted by Gasteiger charge is -2.28.